The van der Waals surface area contributed by atoms with Gasteiger partial charge in [0.15, 0.2) is 5.82 Å². The van der Waals surface area contributed by atoms with Crippen molar-refractivity contribution in [2.45, 2.75) is 12.8 Å². The van der Waals surface area contributed by atoms with Gasteiger partial charge in [0, 0.05) is 21.9 Å². The second-order valence-corrected chi connectivity index (χ2v) is 12.8. The molecule has 1 aliphatic carbocycles. The van der Waals surface area contributed by atoms with Crippen molar-refractivity contribution < 1.29 is 4.42 Å². The molecule has 9 aromatic rings. The number of nitrogens with zero attached hydrogens (tertiary/aromatic N) is 2. The number of aryl methyl sites for hydroxylation is 1. The Labute approximate surface area is 283 Å². The van der Waals surface area contributed by atoms with Crippen molar-refractivity contribution in [3.63, 3.8) is 0 Å². The van der Waals surface area contributed by atoms with Crippen LogP contribution in [0.5, 0.6) is 0 Å². The fourth-order valence-corrected chi connectivity index (χ4v) is 7.67. The van der Waals surface area contributed by atoms with Gasteiger partial charge in [-0.05, 0) is 86.5 Å². The van der Waals surface area contributed by atoms with Crippen molar-refractivity contribution in [2.24, 2.45) is 0 Å². The normalized spacial score (nSPS) is 12.9. The molecule has 0 unspecified atom stereocenters. The van der Waals surface area contributed by atoms with Crippen LogP contribution in [0.15, 0.2) is 156 Å². The van der Waals surface area contributed by atoms with Crippen molar-refractivity contribution in [3.05, 3.63) is 169 Å². The lowest BCUT2D eigenvalue weighted by molar-refractivity contribution is 0.669. The smallest absolute Gasteiger partial charge is 0.156 e. The van der Waals surface area contributed by atoms with Gasteiger partial charge in [0.25, 0.3) is 0 Å². The fraction of sp³-hybridized carbons (Fsp3) is 0.0435. The summed E-state index contributed by atoms with van der Waals surface area (Å²) in [6.07, 6.45) is 4.15. The predicted octanol–water partition coefficient (Wildman–Crippen LogP) is 12.2. The number of benzene rings is 7. The van der Waals surface area contributed by atoms with Gasteiger partial charge in [0.2, 0.25) is 0 Å². The van der Waals surface area contributed by atoms with Gasteiger partial charge in [-0.1, -0.05) is 133 Å². The Morgan fingerprint density at radius 3 is 2.06 bits per heavy atom. The van der Waals surface area contributed by atoms with Crippen LogP contribution in [0.4, 0.5) is 0 Å². The molecule has 1 aliphatic rings. The summed E-state index contributed by atoms with van der Waals surface area (Å²) in [4.78, 5) is 10.7. The lowest BCUT2D eigenvalue weighted by Gasteiger charge is -2.20. The number of allylic oxidation sites excluding steroid dienone is 1. The largest absolute Gasteiger partial charge is 0.456 e. The minimum Gasteiger partial charge on any atom is -0.456 e. The van der Waals surface area contributed by atoms with E-state index in [-0.39, 0.29) is 0 Å². The Hall–Kier alpha value is -6.32. The molecule has 2 aromatic heterocycles. The minimum atomic E-state index is 0.767. The van der Waals surface area contributed by atoms with E-state index in [0.29, 0.717) is 0 Å². The summed E-state index contributed by atoms with van der Waals surface area (Å²) in [6.45, 7) is 0. The maximum Gasteiger partial charge on any atom is 0.156 e. The van der Waals surface area contributed by atoms with Gasteiger partial charge in [-0.25, -0.2) is 9.97 Å². The van der Waals surface area contributed by atoms with E-state index < -0.39 is 0 Å². The van der Waals surface area contributed by atoms with E-state index in [1.54, 1.807) is 0 Å². The van der Waals surface area contributed by atoms with Crippen LogP contribution in [0.1, 0.15) is 23.4 Å². The number of rotatable bonds is 4. The zero-order chi connectivity index (χ0) is 32.3. The van der Waals surface area contributed by atoms with Crippen LogP contribution in [0, 0.1) is 0 Å². The van der Waals surface area contributed by atoms with Crippen LogP contribution >= 0.6 is 0 Å². The highest BCUT2D eigenvalue weighted by atomic mass is 16.3. The molecule has 0 spiro atoms. The van der Waals surface area contributed by atoms with E-state index in [9.17, 15) is 0 Å². The number of para-hydroxylation sites is 1. The Bertz CT molecular complexity index is 2770. The topological polar surface area (TPSA) is 38.9 Å². The molecule has 0 aliphatic heterocycles. The number of fused-ring (bicyclic) bond motifs is 8. The van der Waals surface area contributed by atoms with Gasteiger partial charge in [-0.3, -0.25) is 0 Å². The second kappa shape index (κ2) is 11.1. The molecule has 0 bridgehead atoms. The number of hydrogen-bond donors (Lipinski definition) is 0. The summed E-state index contributed by atoms with van der Waals surface area (Å²) in [7, 11) is 0. The van der Waals surface area contributed by atoms with Crippen LogP contribution in [-0.4, -0.2) is 9.97 Å². The maximum atomic E-state index is 6.31. The fourth-order valence-electron chi connectivity index (χ4n) is 7.67. The highest BCUT2D eigenvalue weighted by Crippen LogP contribution is 2.41. The molecule has 7 aromatic carbocycles. The van der Waals surface area contributed by atoms with Crippen molar-refractivity contribution in [1.29, 1.82) is 0 Å². The lowest BCUT2D eigenvalue weighted by Crippen LogP contribution is -2.05. The highest BCUT2D eigenvalue weighted by molar-refractivity contribution is 6.13. The monoisotopic (exact) mass is 626 g/mol. The summed E-state index contributed by atoms with van der Waals surface area (Å²) in [5.41, 5.74) is 11.7. The first-order valence-electron chi connectivity index (χ1n) is 16.9. The Morgan fingerprint density at radius 1 is 0.469 bits per heavy atom. The van der Waals surface area contributed by atoms with E-state index in [1.807, 2.05) is 18.2 Å². The van der Waals surface area contributed by atoms with Crippen LogP contribution < -0.4 is 0 Å². The van der Waals surface area contributed by atoms with E-state index in [4.69, 9.17) is 14.4 Å². The average Bonchev–Trinajstić information content (AvgIpc) is 3.57. The molecule has 2 heterocycles. The first-order valence-corrected chi connectivity index (χ1v) is 16.9. The zero-order valence-corrected chi connectivity index (χ0v) is 26.7. The van der Waals surface area contributed by atoms with Gasteiger partial charge in [0.05, 0.1) is 11.4 Å². The van der Waals surface area contributed by atoms with Crippen LogP contribution in [0.25, 0.3) is 88.8 Å². The molecule has 0 saturated carbocycles. The molecule has 3 heteroatoms. The van der Waals surface area contributed by atoms with Crippen molar-refractivity contribution >= 4 is 55.1 Å². The third kappa shape index (κ3) is 4.58. The summed E-state index contributed by atoms with van der Waals surface area (Å²) in [5.74, 6) is 0.767. The molecule has 0 radical (unpaired) electrons. The van der Waals surface area contributed by atoms with E-state index in [1.165, 1.54) is 32.7 Å². The summed E-state index contributed by atoms with van der Waals surface area (Å²) in [6, 6.07) is 53.5. The van der Waals surface area contributed by atoms with Crippen LogP contribution in [0.3, 0.4) is 0 Å². The molecular formula is C46H30N2O. The van der Waals surface area contributed by atoms with Crippen molar-refractivity contribution in [1.82, 2.24) is 9.97 Å². The maximum absolute atomic E-state index is 6.31. The first-order chi connectivity index (χ1) is 24.3. The summed E-state index contributed by atoms with van der Waals surface area (Å²) in [5, 5.41) is 7.25. The third-order valence-corrected chi connectivity index (χ3v) is 10.0. The molecule has 230 valence electrons. The minimum absolute atomic E-state index is 0.767. The molecule has 0 atom stereocenters. The number of hydrogen-bond acceptors (Lipinski definition) is 3. The van der Waals surface area contributed by atoms with Crippen molar-refractivity contribution in [3.8, 4) is 33.6 Å². The Balaban J connectivity index is 1.22. The van der Waals surface area contributed by atoms with Gasteiger partial charge in [-0.15, -0.1) is 0 Å². The van der Waals surface area contributed by atoms with Crippen LogP contribution in [0.2, 0.25) is 0 Å². The number of aromatic nitrogens is 2. The highest BCUT2D eigenvalue weighted by Gasteiger charge is 2.21. The summed E-state index contributed by atoms with van der Waals surface area (Å²) >= 11 is 0. The second-order valence-electron chi connectivity index (χ2n) is 12.8. The van der Waals surface area contributed by atoms with Gasteiger partial charge < -0.3 is 4.42 Å². The lowest BCUT2D eigenvalue weighted by atomic mass is 9.87. The summed E-state index contributed by atoms with van der Waals surface area (Å²) < 4.78 is 6.31. The Kier molecular flexibility index (Phi) is 6.31. The van der Waals surface area contributed by atoms with Gasteiger partial charge >= 0.3 is 0 Å². The molecule has 49 heavy (non-hydrogen) atoms. The standard InChI is InChI=1S/C46H30N2O/c1-2-11-29(12-3-1)34-15-6-7-16-37(34)41-28-42(38-18-10-20-44-45(38)39-17-8-9-19-43(39)49-44)48-46(47-41)32-22-21-31-24-25-35-33-14-5-4-13-30(33)23-26-36(35)40(31)27-32/h1-20,23-28H,21-22H2. The number of furan rings is 1. The SMILES string of the molecule is C1=C(c2nc(-c3ccccc3-c3ccccc3)cc(-c3cccc4oc5ccccc5c34)n2)CCc2ccc3c(ccc4ccccc43)c21. The van der Waals surface area contributed by atoms with E-state index in [0.717, 1.165) is 79.8 Å². The van der Waals surface area contributed by atoms with E-state index >= 15 is 0 Å². The molecule has 0 amide bonds. The first kappa shape index (κ1) is 27.8. The molecule has 0 saturated heterocycles. The molecule has 3 nitrogen and oxygen atoms in total. The van der Waals surface area contributed by atoms with Gasteiger partial charge in [0.1, 0.15) is 11.2 Å². The molecule has 10 rings (SSSR count). The molecular weight excluding hydrogens is 597 g/mol. The van der Waals surface area contributed by atoms with Crippen LogP contribution in [-0.2, 0) is 6.42 Å². The molecule has 0 fully saturated rings. The van der Waals surface area contributed by atoms with E-state index in [2.05, 4.69) is 140 Å². The van der Waals surface area contributed by atoms with Gasteiger partial charge in [-0.2, -0.15) is 0 Å². The predicted molar refractivity (Wildman–Crippen MR) is 203 cm³/mol. The zero-order valence-electron chi connectivity index (χ0n) is 26.7. The van der Waals surface area contributed by atoms with Crippen molar-refractivity contribution in [2.75, 3.05) is 0 Å². The average molecular weight is 627 g/mol. The Morgan fingerprint density at radius 2 is 1.16 bits per heavy atom. The molecule has 0 N–H and O–H groups in total. The quantitative estimate of drug-likeness (QED) is 0.182. The third-order valence-electron chi connectivity index (χ3n) is 10.0.